The second kappa shape index (κ2) is 9.26. The van der Waals surface area contributed by atoms with Crippen molar-refractivity contribution < 1.29 is 14.4 Å². The predicted octanol–water partition coefficient (Wildman–Crippen LogP) is 2.55. The lowest BCUT2D eigenvalue weighted by atomic mass is 10.1. The third kappa shape index (κ3) is 4.81. The molecule has 0 fully saturated rings. The number of benzene rings is 2. The van der Waals surface area contributed by atoms with Crippen LogP contribution in [-0.4, -0.2) is 37.0 Å². The van der Waals surface area contributed by atoms with E-state index in [1.54, 1.807) is 24.3 Å². The third-order valence-electron chi connectivity index (χ3n) is 5.02. The van der Waals surface area contributed by atoms with Crippen molar-refractivity contribution in [1.29, 1.82) is 0 Å². The van der Waals surface area contributed by atoms with Gasteiger partial charge in [0.15, 0.2) is 0 Å². The van der Waals surface area contributed by atoms with E-state index in [1.807, 2.05) is 32.0 Å². The molecular formula is C24H24N4O3. The topological polar surface area (TPSA) is 82.1 Å². The first kappa shape index (κ1) is 21.8. The molecule has 0 unspecified atom stereocenters. The molecule has 3 amide bonds. The maximum Gasteiger partial charge on any atom is 0.274 e. The predicted molar refractivity (Wildman–Crippen MR) is 121 cm³/mol. The van der Waals surface area contributed by atoms with E-state index >= 15 is 0 Å². The van der Waals surface area contributed by atoms with Crippen LogP contribution < -0.4 is 15.2 Å². The number of amides is 3. The highest BCUT2D eigenvalue weighted by atomic mass is 16.2. The molecule has 7 nitrogen and oxygen atoms in total. The molecule has 0 spiro atoms. The van der Waals surface area contributed by atoms with E-state index in [0.717, 1.165) is 11.1 Å². The number of terminal acetylenes is 1. The van der Waals surface area contributed by atoms with Crippen LogP contribution in [0.1, 0.15) is 29.5 Å². The maximum atomic E-state index is 13.4. The smallest absolute Gasteiger partial charge is 0.274 e. The molecule has 0 bridgehead atoms. The Morgan fingerprint density at radius 2 is 1.97 bits per heavy atom. The van der Waals surface area contributed by atoms with E-state index in [0.29, 0.717) is 16.9 Å². The molecule has 0 aromatic heterocycles. The maximum absolute atomic E-state index is 13.4. The number of nitrogens with one attached hydrogen (secondary N) is 1. The fourth-order valence-corrected chi connectivity index (χ4v) is 3.27. The minimum Gasteiger partial charge on any atom is -0.358 e. The Labute approximate surface area is 181 Å². The lowest BCUT2D eigenvalue weighted by molar-refractivity contribution is -0.121. The van der Waals surface area contributed by atoms with Crippen LogP contribution in [-0.2, 0) is 14.4 Å². The second-order valence-electron chi connectivity index (χ2n) is 7.30. The van der Waals surface area contributed by atoms with Gasteiger partial charge >= 0.3 is 0 Å². The van der Waals surface area contributed by atoms with Crippen molar-refractivity contribution in [2.24, 2.45) is 5.10 Å². The van der Waals surface area contributed by atoms with Crippen LogP contribution in [0.25, 0.3) is 0 Å². The number of hydrogen-bond acceptors (Lipinski definition) is 4. The van der Waals surface area contributed by atoms with E-state index in [4.69, 9.17) is 6.42 Å². The minimum atomic E-state index is -0.444. The molecule has 1 aliphatic rings. The second-order valence-corrected chi connectivity index (χ2v) is 7.30. The summed E-state index contributed by atoms with van der Waals surface area (Å²) in [5.74, 6) is 1.57. The van der Waals surface area contributed by atoms with Gasteiger partial charge in [-0.3, -0.25) is 19.3 Å². The van der Waals surface area contributed by atoms with Gasteiger partial charge in [-0.25, -0.2) is 5.01 Å². The molecule has 158 valence electrons. The standard InChI is InChI=1S/C24H24N4O3/c1-5-18-7-6-8-19(14-18)27(15-22(29)25-4)24(31)20-11-12-23(30)28(26-20)21-13-16(2)9-10-17(21)3/h1,6-10,13-14H,11-12,15H2,2-4H3,(H,25,29). The Morgan fingerprint density at radius 3 is 2.68 bits per heavy atom. The van der Waals surface area contributed by atoms with E-state index in [-0.39, 0.29) is 36.9 Å². The van der Waals surface area contributed by atoms with Crippen LogP contribution in [0.2, 0.25) is 0 Å². The summed E-state index contributed by atoms with van der Waals surface area (Å²) in [5.41, 5.74) is 3.78. The van der Waals surface area contributed by atoms with Crippen molar-refractivity contribution in [3.8, 4) is 12.3 Å². The molecule has 1 N–H and O–H groups in total. The lowest BCUT2D eigenvalue weighted by Crippen LogP contribution is -2.45. The van der Waals surface area contributed by atoms with Gasteiger partial charge in [0.2, 0.25) is 11.8 Å². The third-order valence-corrected chi connectivity index (χ3v) is 5.02. The largest absolute Gasteiger partial charge is 0.358 e. The van der Waals surface area contributed by atoms with E-state index in [2.05, 4.69) is 16.3 Å². The van der Waals surface area contributed by atoms with Gasteiger partial charge in [0, 0.05) is 31.1 Å². The summed E-state index contributed by atoms with van der Waals surface area (Å²) < 4.78 is 0. The molecule has 2 aromatic carbocycles. The van der Waals surface area contributed by atoms with Gasteiger partial charge in [0.25, 0.3) is 5.91 Å². The van der Waals surface area contributed by atoms with E-state index in [1.165, 1.54) is 17.0 Å². The van der Waals surface area contributed by atoms with Crippen LogP contribution in [0.5, 0.6) is 0 Å². The van der Waals surface area contributed by atoms with Crippen LogP contribution in [0, 0.1) is 26.2 Å². The zero-order chi connectivity index (χ0) is 22.5. The molecule has 7 heteroatoms. The van der Waals surface area contributed by atoms with Crippen molar-refractivity contribution in [2.45, 2.75) is 26.7 Å². The number of carbonyl (C=O) groups is 3. The molecule has 0 radical (unpaired) electrons. The number of nitrogens with zero attached hydrogens (tertiary/aromatic N) is 3. The van der Waals surface area contributed by atoms with Gasteiger partial charge in [-0.2, -0.15) is 5.10 Å². The summed E-state index contributed by atoms with van der Waals surface area (Å²) in [6.07, 6.45) is 5.83. The van der Waals surface area contributed by atoms with Gasteiger partial charge < -0.3 is 5.32 Å². The Morgan fingerprint density at radius 1 is 1.19 bits per heavy atom. The average molecular weight is 416 g/mol. The van der Waals surface area contributed by atoms with Gasteiger partial charge in [0.1, 0.15) is 12.3 Å². The van der Waals surface area contributed by atoms with E-state index < -0.39 is 5.91 Å². The summed E-state index contributed by atoms with van der Waals surface area (Å²) in [5, 5.41) is 8.21. The molecule has 0 atom stereocenters. The fourth-order valence-electron chi connectivity index (χ4n) is 3.27. The Kier molecular flexibility index (Phi) is 6.51. The van der Waals surface area contributed by atoms with Gasteiger partial charge in [-0.15, -0.1) is 6.42 Å². The average Bonchev–Trinajstić information content (AvgIpc) is 2.79. The quantitative estimate of drug-likeness (QED) is 0.761. The number of hydrogen-bond donors (Lipinski definition) is 1. The van der Waals surface area contributed by atoms with Crippen LogP contribution >= 0.6 is 0 Å². The van der Waals surface area contributed by atoms with Crippen molar-refractivity contribution in [3.05, 3.63) is 59.2 Å². The Hall–Kier alpha value is -3.92. The Bertz CT molecular complexity index is 1110. The van der Waals surface area contributed by atoms with Crippen molar-refractivity contribution in [3.63, 3.8) is 0 Å². The molecule has 31 heavy (non-hydrogen) atoms. The molecular weight excluding hydrogens is 392 g/mol. The molecule has 0 saturated heterocycles. The summed E-state index contributed by atoms with van der Waals surface area (Å²) in [6, 6.07) is 12.6. The molecule has 0 aliphatic carbocycles. The van der Waals surface area contributed by atoms with Gasteiger partial charge in [-0.05, 0) is 49.2 Å². The van der Waals surface area contributed by atoms with Gasteiger partial charge in [-0.1, -0.05) is 24.1 Å². The number of rotatable bonds is 5. The highest BCUT2D eigenvalue weighted by Crippen LogP contribution is 2.26. The number of aryl methyl sites for hydroxylation is 2. The zero-order valence-electron chi connectivity index (χ0n) is 17.8. The van der Waals surface area contributed by atoms with Crippen molar-refractivity contribution in [2.75, 3.05) is 23.5 Å². The first-order valence-corrected chi connectivity index (χ1v) is 9.91. The molecule has 1 heterocycles. The molecule has 2 aromatic rings. The Balaban J connectivity index is 2.01. The summed E-state index contributed by atoms with van der Waals surface area (Å²) in [4.78, 5) is 39.4. The van der Waals surface area contributed by atoms with Crippen molar-refractivity contribution >= 4 is 34.8 Å². The van der Waals surface area contributed by atoms with Crippen molar-refractivity contribution in [1.82, 2.24) is 5.32 Å². The van der Waals surface area contributed by atoms with Crippen LogP contribution in [0.15, 0.2) is 47.6 Å². The molecule has 0 saturated carbocycles. The van der Waals surface area contributed by atoms with Crippen LogP contribution in [0.4, 0.5) is 11.4 Å². The highest BCUT2D eigenvalue weighted by molar-refractivity contribution is 6.45. The summed E-state index contributed by atoms with van der Waals surface area (Å²) in [7, 11) is 1.50. The lowest BCUT2D eigenvalue weighted by Gasteiger charge is -2.28. The first-order valence-electron chi connectivity index (χ1n) is 9.91. The number of carbonyl (C=O) groups excluding carboxylic acids is 3. The summed E-state index contributed by atoms with van der Waals surface area (Å²) in [6.45, 7) is 3.62. The first-order chi connectivity index (χ1) is 14.8. The minimum absolute atomic E-state index is 0.149. The molecule has 1 aliphatic heterocycles. The summed E-state index contributed by atoms with van der Waals surface area (Å²) >= 11 is 0. The monoisotopic (exact) mass is 416 g/mol. The fraction of sp³-hybridized carbons (Fsp3) is 0.250. The highest BCUT2D eigenvalue weighted by Gasteiger charge is 2.30. The zero-order valence-corrected chi connectivity index (χ0v) is 17.8. The number of hydrazone groups is 1. The molecule has 3 rings (SSSR count). The normalized spacial score (nSPS) is 13.3. The van der Waals surface area contributed by atoms with Crippen LogP contribution in [0.3, 0.4) is 0 Å². The van der Waals surface area contributed by atoms with E-state index in [9.17, 15) is 14.4 Å². The van der Waals surface area contributed by atoms with Gasteiger partial charge in [0.05, 0.1) is 5.69 Å². The number of anilines is 2. The number of likely N-dealkylation sites (N-methyl/N-ethyl adjacent to an activating group) is 1. The SMILES string of the molecule is C#Cc1cccc(N(CC(=O)NC)C(=O)C2=NN(c3cc(C)ccc3C)C(=O)CC2)c1.